The number of aromatic nitrogens is 1. The molecule has 4 heteroatoms. The molecule has 0 radical (unpaired) electrons. The number of rotatable bonds is 4. The van der Waals surface area contributed by atoms with E-state index in [2.05, 4.69) is 4.98 Å². The van der Waals surface area contributed by atoms with Crippen molar-refractivity contribution in [1.29, 1.82) is 0 Å². The minimum atomic E-state index is -0.249. The fourth-order valence-corrected chi connectivity index (χ4v) is 2.73. The summed E-state index contributed by atoms with van der Waals surface area (Å²) >= 11 is 0. The Morgan fingerprint density at radius 3 is 2.42 bits per heavy atom. The van der Waals surface area contributed by atoms with E-state index >= 15 is 0 Å². The van der Waals surface area contributed by atoms with E-state index in [1.165, 1.54) is 0 Å². The van der Waals surface area contributed by atoms with E-state index in [0.29, 0.717) is 17.7 Å². The molecule has 0 aliphatic heterocycles. The van der Waals surface area contributed by atoms with E-state index < -0.39 is 0 Å². The minimum Gasteiger partial charge on any atom is -0.427 e. The van der Waals surface area contributed by atoms with Gasteiger partial charge in [-0.1, -0.05) is 6.92 Å². The van der Waals surface area contributed by atoms with Gasteiger partial charge < -0.3 is 9.72 Å². The monoisotopic (exact) mass is 321 g/mol. The molecule has 0 spiro atoms. The summed E-state index contributed by atoms with van der Waals surface area (Å²) in [5, 5.41) is 1.04. The normalized spacial score (nSPS) is 10.8. The number of carbonyl (C=O) groups is 2. The van der Waals surface area contributed by atoms with Crippen molar-refractivity contribution in [3.63, 3.8) is 0 Å². The molecule has 4 nitrogen and oxygen atoms in total. The van der Waals surface area contributed by atoms with Gasteiger partial charge in [0.15, 0.2) is 5.78 Å². The van der Waals surface area contributed by atoms with Gasteiger partial charge in [-0.25, -0.2) is 0 Å². The molecule has 3 aromatic rings. The van der Waals surface area contributed by atoms with Gasteiger partial charge in [0, 0.05) is 28.6 Å². The molecular weight excluding hydrogens is 302 g/mol. The van der Waals surface area contributed by atoms with Crippen LogP contribution in [0.5, 0.6) is 5.75 Å². The number of aryl methyl sites for hydroxylation is 1. The Morgan fingerprint density at radius 2 is 1.79 bits per heavy atom. The second kappa shape index (κ2) is 6.32. The van der Waals surface area contributed by atoms with Crippen molar-refractivity contribution in [1.82, 2.24) is 4.98 Å². The first-order valence-corrected chi connectivity index (χ1v) is 7.94. The lowest BCUT2D eigenvalue weighted by molar-refractivity contribution is -0.134. The summed E-state index contributed by atoms with van der Waals surface area (Å²) in [4.78, 5) is 26.3. The minimum absolute atomic E-state index is 0.0566. The standard InChI is InChI=1S/C20H19NO3/c1-4-19(23)24-16-8-5-14(6-9-16)20-12(2)17-11-15(13(3)22)7-10-18(17)21-20/h5-11,21H,4H2,1-3H3. The average Bonchev–Trinajstić information content (AvgIpc) is 2.92. The number of H-pyrrole nitrogens is 1. The zero-order valence-electron chi connectivity index (χ0n) is 14.0. The number of aromatic amines is 1. The number of Topliss-reactive ketones (excluding diaryl/α,β-unsaturated/α-hetero) is 1. The molecule has 1 aromatic heterocycles. The topological polar surface area (TPSA) is 59.2 Å². The van der Waals surface area contributed by atoms with Crippen LogP contribution in [0, 0.1) is 6.92 Å². The van der Waals surface area contributed by atoms with E-state index in [1.807, 2.05) is 37.3 Å². The molecular formula is C20H19NO3. The molecule has 0 bridgehead atoms. The third-order valence-corrected chi connectivity index (χ3v) is 4.13. The molecule has 0 unspecified atom stereocenters. The number of carbonyl (C=O) groups excluding carboxylic acids is 2. The van der Waals surface area contributed by atoms with Gasteiger partial charge in [-0.05, 0) is 67.4 Å². The Labute approximate surface area is 140 Å². The van der Waals surface area contributed by atoms with Crippen LogP contribution in [0.2, 0.25) is 0 Å². The van der Waals surface area contributed by atoms with Crippen molar-refractivity contribution in [2.45, 2.75) is 27.2 Å². The quantitative estimate of drug-likeness (QED) is 0.432. The molecule has 0 saturated carbocycles. The molecule has 1 N–H and O–H groups in total. The number of benzene rings is 2. The number of ketones is 1. The summed E-state index contributed by atoms with van der Waals surface area (Å²) in [5.41, 5.74) is 4.79. The maximum atomic E-state index is 11.6. The van der Waals surface area contributed by atoms with Gasteiger partial charge in [0.05, 0.1) is 0 Å². The molecule has 1 heterocycles. The summed E-state index contributed by atoms with van der Waals surface area (Å²) in [5.74, 6) is 0.348. The third-order valence-electron chi connectivity index (χ3n) is 4.13. The van der Waals surface area contributed by atoms with Gasteiger partial charge in [-0.3, -0.25) is 9.59 Å². The summed E-state index contributed by atoms with van der Waals surface area (Å²) in [6.45, 7) is 5.36. The van der Waals surface area contributed by atoms with Crippen molar-refractivity contribution in [3.05, 3.63) is 53.6 Å². The van der Waals surface area contributed by atoms with Crippen LogP contribution < -0.4 is 4.74 Å². The van der Waals surface area contributed by atoms with Crippen molar-refractivity contribution in [3.8, 4) is 17.0 Å². The van der Waals surface area contributed by atoms with E-state index in [4.69, 9.17) is 4.74 Å². The summed E-state index contributed by atoms with van der Waals surface area (Å²) < 4.78 is 5.20. The lowest BCUT2D eigenvalue weighted by Crippen LogP contribution is -2.05. The number of nitrogens with one attached hydrogen (secondary N) is 1. The molecule has 0 fully saturated rings. The molecule has 0 aliphatic rings. The lowest BCUT2D eigenvalue weighted by Gasteiger charge is -2.05. The molecule has 24 heavy (non-hydrogen) atoms. The predicted octanol–water partition coefficient (Wildman–Crippen LogP) is 4.66. The lowest BCUT2D eigenvalue weighted by atomic mass is 10.0. The van der Waals surface area contributed by atoms with Gasteiger partial charge in [-0.2, -0.15) is 0 Å². The molecule has 0 amide bonds. The maximum Gasteiger partial charge on any atom is 0.310 e. The van der Waals surface area contributed by atoms with Gasteiger partial charge in [0.25, 0.3) is 0 Å². The van der Waals surface area contributed by atoms with E-state index in [1.54, 1.807) is 26.0 Å². The van der Waals surface area contributed by atoms with Crippen LogP contribution in [0.3, 0.4) is 0 Å². The Kier molecular flexibility index (Phi) is 4.21. The zero-order chi connectivity index (χ0) is 17.3. The number of fused-ring (bicyclic) bond motifs is 1. The van der Waals surface area contributed by atoms with Crippen LogP contribution in [0.1, 0.15) is 36.2 Å². The van der Waals surface area contributed by atoms with Gasteiger partial charge in [-0.15, -0.1) is 0 Å². The maximum absolute atomic E-state index is 11.6. The first-order valence-electron chi connectivity index (χ1n) is 7.94. The van der Waals surface area contributed by atoms with Crippen molar-refractivity contribution in [2.24, 2.45) is 0 Å². The smallest absolute Gasteiger partial charge is 0.310 e. The van der Waals surface area contributed by atoms with Crippen molar-refractivity contribution < 1.29 is 14.3 Å². The molecule has 2 aromatic carbocycles. The number of esters is 1. The molecule has 0 aliphatic carbocycles. The molecule has 0 atom stereocenters. The Hall–Kier alpha value is -2.88. The Bertz CT molecular complexity index is 920. The van der Waals surface area contributed by atoms with Gasteiger partial charge in [0.1, 0.15) is 5.75 Å². The number of ether oxygens (including phenoxy) is 1. The second-order valence-electron chi connectivity index (χ2n) is 5.79. The molecule has 122 valence electrons. The SMILES string of the molecule is CCC(=O)Oc1ccc(-c2[nH]c3ccc(C(C)=O)cc3c2C)cc1. The summed E-state index contributed by atoms with van der Waals surface area (Å²) in [7, 11) is 0. The van der Waals surface area contributed by atoms with Crippen molar-refractivity contribution >= 4 is 22.7 Å². The molecule has 3 rings (SSSR count). The fraction of sp³-hybridized carbons (Fsp3) is 0.200. The fourth-order valence-electron chi connectivity index (χ4n) is 2.73. The number of hydrogen-bond acceptors (Lipinski definition) is 3. The van der Waals surface area contributed by atoms with Crippen LogP contribution in [0.25, 0.3) is 22.2 Å². The Morgan fingerprint density at radius 1 is 1.08 bits per heavy atom. The van der Waals surface area contributed by atoms with Gasteiger partial charge >= 0.3 is 5.97 Å². The average molecular weight is 321 g/mol. The van der Waals surface area contributed by atoms with E-state index in [0.717, 1.165) is 27.7 Å². The predicted molar refractivity (Wildman–Crippen MR) is 94.4 cm³/mol. The van der Waals surface area contributed by atoms with Gasteiger partial charge in [0.2, 0.25) is 0 Å². The highest BCUT2D eigenvalue weighted by Crippen LogP contribution is 2.31. The third kappa shape index (κ3) is 2.95. The highest BCUT2D eigenvalue weighted by molar-refractivity contribution is 6.00. The first-order chi connectivity index (χ1) is 11.5. The number of hydrogen-bond donors (Lipinski definition) is 1. The largest absolute Gasteiger partial charge is 0.427 e. The first kappa shape index (κ1) is 16.0. The van der Waals surface area contributed by atoms with Crippen LogP contribution in [-0.2, 0) is 4.79 Å². The van der Waals surface area contributed by atoms with Crippen LogP contribution >= 0.6 is 0 Å². The second-order valence-corrected chi connectivity index (χ2v) is 5.79. The van der Waals surface area contributed by atoms with Crippen LogP contribution in [-0.4, -0.2) is 16.7 Å². The van der Waals surface area contributed by atoms with E-state index in [9.17, 15) is 9.59 Å². The highest BCUT2D eigenvalue weighted by Gasteiger charge is 2.12. The summed E-state index contributed by atoms with van der Waals surface area (Å²) in [6.07, 6.45) is 0.349. The summed E-state index contributed by atoms with van der Waals surface area (Å²) in [6, 6.07) is 13.1. The highest BCUT2D eigenvalue weighted by atomic mass is 16.5. The van der Waals surface area contributed by atoms with Crippen LogP contribution in [0.15, 0.2) is 42.5 Å². The van der Waals surface area contributed by atoms with Crippen LogP contribution in [0.4, 0.5) is 0 Å². The van der Waals surface area contributed by atoms with Crippen molar-refractivity contribution in [2.75, 3.05) is 0 Å². The Balaban J connectivity index is 1.98. The van der Waals surface area contributed by atoms with E-state index in [-0.39, 0.29) is 11.8 Å². The molecule has 0 saturated heterocycles. The zero-order valence-corrected chi connectivity index (χ0v) is 14.0.